The van der Waals surface area contributed by atoms with Crippen LogP contribution >= 0.6 is 11.6 Å². The summed E-state index contributed by atoms with van der Waals surface area (Å²) in [5, 5.41) is 0.0717. The number of esters is 1. The fourth-order valence-corrected chi connectivity index (χ4v) is 2.10. The number of carbonyl (C=O) groups excluding carboxylic acids is 1. The molecule has 2 heterocycles. The molecule has 6 heteroatoms. The van der Waals surface area contributed by atoms with E-state index in [4.69, 9.17) is 11.6 Å². The number of methoxy groups -OCH3 is 1. The summed E-state index contributed by atoms with van der Waals surface area (Å²) in [6.45, 7) is 4.03. The molecule has 92 valence electrons. The van der Waals surface area contributed by atoms with Gasteiger partial charge in [0.2, 0.25) is 5.28 Å². The van der Waals surface area contributed by atoms with Crippen molar-refractivity contribution in [1.82, 2.24) is 9.97 Å². The highest BCUT2D eigenvalue weighted by Crippen LogP contribution is 2.23. The molecule has 5 nitrogen and oxygen atoms in total. The minimum Gasteiger partial charge on any atom is -0.464 e. The molecule has 1 fully saturated rings. The summed E-state index contributed by atoms with van der Waals surface area (Å²) >= 11 is 5.81. The van der Waals surface area contributed by atoms with Gasteiger partial charge in [-0.05, 0) is 23.9 Å². The van der Waals surface area contributed by atoms with Crippen molar-refractivity contribution < 1.29 is 9.53 Å². The van der Waals surface area contributed by atoms with Crippen LogP contribution in [0.15, 0.2) is 6.07 Å². The zero-order valence-corrected chi connectivity index (χ0v) is 10.6. The van der Waals surface area contributed by atoms with Gasteiger partial charge in [0.15, 0.2) is 5.69 Å². The highest BCUT2D eigenvalue weighted by atomic mass is 35.5. The van der Waals surface area contributed by atoms with Crippen LogP contribution in [0.2, 0.25) is 5.28 Å². The van der Waals surface area contributed by atoms with Gasteiger partial charge < -0.3 is 9.64 Å². The summed E-state index contributed by atoms with van der Waals surface area (Å²) in [6.07, 6.45) is 1.12. The van der Waals surface area contributed by atoms with Gasteiger partial charge >= 0.3 is 5.97 Å². The fraction of sp³-hybridized carbons (Fsp3) is 0.545. The maximum absolute atomic E-state index is 11.4. The molecule has 17 heavy (non-hydrogen) atoms. The average molecular weight is 256 g/mol. The van der Waals surface area contributed by atoms with Gasteiger partial charge in [0.05, 0.1) is 7.11 Å². The Balaban J connectivity index is 2.28. The third-order valence-corrected chi connectivity index (χ3v) is 3.00. The van der Waals surface area contributed by atoms with Gasteiger partial charge in [-0.1, -0.05) is 6.92 Å². The topological polar surface area (TPSA) is 55.3 Å². The lowest BCUT2D eigenvalue weighted by Crippen LogP contribution is -2.21. The highest BCUT2D eigenvalue weighted by molar-refractivity contribution is 6.28. The monoisotopic (exact) mass is 255 g/mol. The van der Waals surface area contributed by atoms with Crippen LogP contribution in [0, 0.1) is 5.92 Å². The van der Waals surface area contributed by atoms with Crippen molar-refractivity contribution in [3.8, 4) is 0 Å². The molecule has 0 spiro atoms. The molecule has 1 aromatic rings. The minimum absolute atomic E-state index is 0.0717. The van der Waals surface area contributed by atoms with Crippen molar-refractivity contribution in [2.24, 2.45) is 5.92 Å². The fourth-order valence-electron chi connectivity index (χ4n) is 1.92. The van der Waals surface area contributed by atoms with Crippen molar-refractivity contribution in [1.29, 1.82) is 0 Å². The number of nitrogens with zero attached hydrogens (tertiary/aromatic N) is 3. The molecule has 0 amide bonds. The Labute approximate surface area is 105 Å². The molecule has 0 bridgehead atoms. The molecule has 1 aromatic heterocycles. The third kappa shape index (κ3) is 2.66. The van der Waals surface area contributed by atoms with E-state index < -0.39 is 5.97 Å². The van der Waals surface area contributed by atoms with Gasteiger partial charge in [0.1, 0.15) is 5.82 Å². The standard InChI is InChI=1S/C11H14ClN3O2/c1-7-3-4-15(6-7)9-5-8(10(16)17-2)13-11(12)14-9/h5,7H,3-4,6H2,1-2H3/t7-/m1/s1. The van der Waals surface area contributed by atoms with E-state index in [1.807, 2.05) is 0 Å². The number of anilines is 1. The van der Waals surface area contributed by atoms with E-state index in [0.29, 0.717) is 11.7 Å². The van der Waals surface area contributed by atoms with Gasteiger partial charge in [0, 0.05) is 19.2 Å². The van der Waals surface area contributed by atoms with Gasteiger partial charge in [0.25, 0.3) is 0 Å². The summed E-state index contributed by atoms with van der Waals surface area (Å²) in [4.78, 5) is 21.5. The molecule has 0 aliphatic carbocycles. The first kappa shape index (κ1) is 12.1. The van der Waals surface area contributed by atoms with Crippen LogP contribution in [0.5, 0.6) is 0 Å². The first-order chi connectivity index (χ1) is 8.10. The maximum atomic E-state index is 11.4. The third-order valence-electron chi connectivity index (χ3n) is 2.83. The lowest BCUT2D eigenvalue weighted by Gasteiger charge is -2.17. The van der Waals surface area contributed by atoms with E-state index in [0.717, 1.165) is 19.5 Å². The number of hydrogen-bond acceptors (Lipinski definition) is 5. The second-order valence-electron chi connectivity index (χ2n) is 4.21. The first-order valence-electron chi connectivity index (χ1n) is 5.48. The number of rotatable bonds is 2. The summed E-state index contributed by atoms with van der Waals surface area (Å²) in [5.74, 6) is 0.822. The van der Waals surface area contributed by atoms with Crippen LogP contribution in [0.25, 0.3) is 0 Å². The lowest BCUT2D eigenvalue weighted by molar-refractivity contribution is 0.0594. The zero-order valence-electron chi connectivity index (χ0n) is 9.81. The normalized spacial score (nSPS) is 19.5. The molecule has 1 aliphatic heterocycles. The average Bonchev–Trinajstić information content (AvgIpc) is 2.74. The van der Waals surface area contributed by atoms with Crippen LogP contribution in [0.1, 0.15) is 23.8 Å². The van der Waals surface area contributed by atoms with Crippen molar-refractivity contribution in [3.05, 3.63) is 17.0 Å². The van der Waals surface area contributed by atoms with E-state index in [1.54, 1.807) is 6.07 Å². The van der Waals surface area contributed by atoms with Crippen LogP contribution in [-0.2, 0) is 4.74 Å². The summed E-state index contributed by atoms with van der Waals surface area (Å²) in [5.41, 5.74) is 0.196. The number of carbonyl (C=O) groups is 1. The van der Waals surface area contributed by atoms with Crippen LogP contribution < -0.4 is 4.90 Å². The van der Waals surface area contributed by atoms with Crippen LogP contribution in [0.3, 0.4) is 0 Å². The predicted molar refractivity (Wildman–Crippen MR) is 64.4 cm³/mol. The quantitative estimate of drug-likeness (QED) is 0.595. The summed E-state index contributed by atoms with van der Waals surface area (Å²) < 4.78 is 4.62. The van der Waals surface area contributed by atoms with Crippen molar-refractivity contribution in [3.63, 3.8) is 0 Å². The van der Waals surface area contributed by atoms with E-state index >= 15 is 0 Å². The number of hydrogen-bond donors (Lipinski definition) is 0. The second kappa shape index (κ2) is 4.87. The van der Waals surface area contributed by atoms with Crippen molar-refractivity contribution in [2.75, 3.05) is 25.1 Å². The molecule has 1 aliphatic rings. The van der Waals surface area contributed by atoms with Crippen molar-refractivity contribution in [2.45, 2.75) is 13.3 Å². The Morgan fingerprint density at radius 1 is 1.59 bits per heavy atom. The van der Waals surface area contributed by atoms with Gasteiger partial charge in [-0.15, -0.1) is 0 Å². The maximum Gasteiger partial charge on any atom is 0.356 e. The first-order valence-corrected chi connectivity index (χ1v) is 5.86. The van der Waals surface area contributed by atoms with Crippen LogP contribution in [-0.4, -0.2) is 36.1 Å². The SMILES string of the molecule is COC(=O)c1cc(N2CC[C@@H](C)C2)nc(Cl)n1. The molecule has 0 N–H and O–H groups in total. The predicted octanol–water partition coefficient (Wildman–Crippen LogP) is 1.76. The molecule has 2 rings (SSSR count). The van der Waals surface area contributed by atoms with Gasteiger partial charge in [-0.25, -0.2) is 14.8 Å². The van der Waals surface area contributed by atoms with E-state index in [-0.39, 0.29) is 11.0 Å². The van der Waals surface area contributed by atoms with E-state index in [1.165, 1.54) is 7.11 Å². The minimum atomic E-state index is -0.497. The number of ether oxygens (including phenoxy) is 1. The zero-order chi connectivity index (χ0) is 12.4. The van der Waals surface area contributed by atoms with E-state index in [2.05, 4.69) is 26.5 Å². The lowest BCUT2D eigenvalue weighted by atomic mass is 10.2. The Morgan fingerprint density at radius 2 is 2.35 bits per heavy atom. The Bertz CT molecular complexity index is 439. The summed E-state index contributed by atoms with van der Waals surface area (Å²) in [6, 6.07) is 1.62. The Morgan fingerprint density at radius 3 is 2.94 bits per heavy atom. The van der Waals surface area contributed by atoms with Gasteiger partial charge in [-0.3, -0.25) is 0 Å². The Hall–Kier alpha value is -1.36. The largest absolute Gasteiger partial charge is 0.464 e. The number of halogens is 1. The van der Waals surface area contributed by atoms with E-state index in [9.17, 15) is 4.79 Å². The number of aromatic nitrogens is 2. The molecular weight excluding hydrogens is 242 g/mol. The highest BCUT2D eigenvalue weighted by Gasteiger charge is 2.22. The molecule has 0 radical (unpaired) electrons. The van der Waals surface area contributed by atoms with Crippen molar-refractivity contribution >= 4 is 23.4 Å². The summed E-state index contributed by atoms with van der Waals surface area (Å²) in [7, 11) is 1.32. The molecule has 1 atom stereocenters. The molecule has 0 unspecified atom stereocenters. The second-order valence-corrected chi connectivity index (χ2v) is 4.55. The smallest absolute Gasteiger partial charge is 0.356 e. The Kier molecular flexibility index (Phi) is 3.47. The molecule has 0 aromatic carbocycles. The molecule has 0 saturated carbocycles. The molecular formula is C11H14ClN3O2. The molecule has 1 saturated heterocycles. The van der Waals surface area contributed by atoms with Crippen LogP contribution in [0.4, 0.5) is 5.82 Å². The van der Waals surface area contributed by atoms with Gasteiger partial charge in [-0.2, -0.15) is 0 Å².